The number of halogens is 1. The van der Waals surface area contributed by atoms with E-state index < -0.39 is 0 Å². The Balaban J connectivity index is 2.31. The Morgan fingerprint density at radius 3 is 2.38 bits per heavy atom. The average molecular weight is 307 g/mol. The molecule has 2 aromatic rings. The van der Waals surface area contributed by atoms with Crippen molar-refractivity contribution < 1.29 is 14.3 Å². The van der Waals surface area contributed by atoms with E-state index in [1.807, 2.05) is 0 Å². The molecule has 0 bridgehead atoms. The topological polar surface area (TPSA) is 73.6 Å². The largest absolute Gasteiger partial charge is 0.493 e. The maximum Gasteiger partial charge on any atom is 0.257 e. The van der Waals surface area contributed by atoms with Crippen molar-refractivity contribution in [3.05, 3.63) is 47.0 Å². The van der Waals surface area contributed by atoms with Gasteiger partial charge in [-0.2, -0.15) is 0 Å². The zero-order valence-electron chi connectivity index (χ0n) is 11.6. The number of methoxy groups -OCH3 is 2. The van der Waals surface area contributed by atoms with Gasteiger partial charge >= 0.3 is 0 Å². The molecule has 0 aliphatic carbocycles. The van der Waals surface area contributed by atoms with Gasteiger partial charge < -0.3 is 20.5 Å². The minimum Gasteiger partial charge on any atom is -0.493 e. The first-order valence-electron chi connectivity index (χ1n) is 6.14. The zero-order chi connectivity index (χ0) is 15.4. The lowest BCUT2D eigenvalue weighted by molar-refractivity contribution is 0.102. The lowest BCUT2D eigenvalue weighted by atomic mass is 10.1. The van der Waals surface area contributed by atoms with Crippen LogP contribution < -0.4 is 20.5 Å². The van der Waals surface area contributed by atoms with Crippen LogP contribution in [0.15, 0.2) is 36.4 Å². The van der Waals surface area contributed by atoms with Gasteiger partial charge in [0.05, 0.1) is 30.5 Å². The lowest BCUT2D eigenvalue weighted by Gasteiger charge is -2.13. The quantitative estimate of drug-likeness (QED) is 0.851. The standard InChI is InChI=1S/C15H15ClN2O3/c1-20-13-7-10(16)12(8-14(13)21-2)18-15(19)9-5-3-4-6-11(9)17/h3-8H,17H2,1-2H3,(H,18,19). The number of ether oxygens (including phenoxy) is 2. The molecule has 0 spiro atoms. The third-order valence-electron chi connectivity index (χ3n) is 2.93. The van der Waals surface area contributed by atoms with Gasteiger partial charge in [-0.3, -0.25) is 4.79 Å². The molecule has 0 saturated carbocycles. The molecule has 110 valence electrons. The van der Waals surface area contributed by atoms with Gasteiger partial charge in [0.2, 0.25) is 0 Å². The highest BCUT2D eigenvalue weighted by atomic mass is 35.5. The Hall–Kier alpha value is -2.40. The summed E-state index contributed by atoms with van der Waals surface area (Å²) < 4.78 is 10.3. The number of hydrogen-bond donors (Lipinski definition) is 2. The molecule has 0 aromatic heterocycles. The van der Waals surface area contributed by atoms with E-state index in [0.717, 1.165) is 0 Å². The molecular weight excluding hydrogens is 292 g/mol. The summed E-state index contributed by atoms with van der Waals surface area (Å²) >= 11 is 6.13. The van der Waals surface area contributed by atoms with Crippen LogP contribution in [0.5, 0.6) is 11.5 Å². The number of rotatable bonds is 4. The van der Waals surface area contributed by atoms with Crippen molar-refractivity contribution in [2.75, 3.05) is 25.3 Å². The van der Waals surface area contributed by atoms with Crippen molar-refractivity contribution in [2.45, 2.75) is 0 Å². The Morgan fingerprint density at radius 1 is 1.14 bits per heavy atom. The number of para-hydroxylation sites is 1. The summed E-state index contributed by atoms with van der Waals surface area (Å²) in [6.45, 7) is 0. The number of anilines is 2. The van der Waals surface area contributed by atoms with Gasteiger partial charge in [-0.05, 0) is 12.1 Å². The van der Waals surface area contributed by atoms with E-state index in [2.05, 4.69) is 5.32 Å². The molecule has 21 heavy (non-hydrogen) atoms. The Morgan fingerprint density at radius 2 is 1.76 bits per heavy atom. The number of nitrogen functional groups attached to an aromatic ring is 1. The fraction of sp³-hybridized carbons (Fsp3) is 0.133. The smallest absolute Gasteiger partial charge is 0.257 e. The van der Waals surface area contributed by atoms with Gasteiger partial charge in [-0.1, -0.05) is 23.7 Å². The molecule has 0 radical (unpaired) electrons. The molecule has 0 atom stereocenters. The molecule has 0 fully saturated rings. The van der Waals surface area contributed by atoms with Crippen LogP contribution in [-0.4, -0.2) is 20.1 Å². The van der Waals surface area contributed by atoms with Crippen molar-refractivity contribution in [1.82, 2.24) is 0 Å². The number of carbonyl (C=O) groups excluding carboxylic acids is 1. The molecule has 1 amide bonds. The monoisotopic (exact) mass is 306 g/mol. The highest BCUT2D eigenvalue weighted by Crippen LogP contribution is 2.36. The summed E-state index contributed by atoms with van der Waals surface area (Å²) in [6.07, 6.45) is 0. The van der Waals surface area contributed by atoms with Gasteiger partial charge in [-0.15, -0.1) is 0 Å². The lowest BCUT2D eigenvalue weighted by Crippen LogP contribution is -2.14. The van der Waals surface area contributed by atoms with Crippen LogP contribution >= 0.6 is 11.6 Å². The summed E-state index contributed by atoms with van der Waals surface area (Å²) in [4.78, 5) is 12.2. The van der Waals surface area contributed by atoms with Crippen LogP contribution in [0.25, 0.3) is 0 Å². The molecule has 3 N–H and O–H groups in total. The highest BCUT2D eigenvalue weighted by molar-refractivity contribution is 6.34. The number of hydrogen-bond acceptors (Lipinski definition) is 4. The first-order chi connectivity index (χ1) is 10.1. The first-order valence-corrected chi connectivity index (χ1v) is 6.52. The summed E-state index contributed by atoms with van der Waals surface area (Å²) in [7, 11) is 3.02. The van der Waals surface area contributed by atoms with Crippen LogP contribution in [0.4, 0.5) is 11.4 Å². The van der Waals surface area contributed by atoms with Crippen molar-refractivity contribution >= 4 is 28.9 Å². The third-order valence-corrected chi connectivity index (χ3v) is 3.24. The maximum absolute atomic E-state index is 12.2. The Kier molecular flexibility index (Phi) is 4.55. The minimum absolute atomic E-state index is 0.343. The normalized spacial score (nSPS) is 10.0. The molecule has 6 heteroatoms. The van der Waals surface area contributed by atoms with Crippen LogP contribution in [0.1, 0.15) is 10.4 Å². The van der Waals surface area contributed by atoms with E-state index in [1.165, 1.54) is 14.2 Å². The molecule has 0 saturated heterocycles. The van der Waals surface area contributed by atoms with Gasteiger partial charge in [0, 0.05) is 17.8 Å². The fourth-order valence-electron chi connectivity index (χ4n) is 1.84. The van der Waals surface area contributed by atoms with Crippen LogP contribution in [0.3, 0.4) is 0 Å². The highest BCUT2D eigenvalue weighted by Gasteiger charge is 2.14. The molecule has 0 unspecified atom stereocenters. The SMILES string of the molecule is COc1cc(Cl)c(NC(=O)c2ccccc2N)cc1OC. The summed E-state index contributed by atoms with van der Waals surface area (Å²) in [6, 6.07) is 9.96. The maximum atomic E-state index is 12.2. The first kappa shape index (κ1) is 15.0. The fourth-order valence-corrected chi connectivity index (χ4v) is 2.04. The van der Waals surface area contributed by atoms with Crippen molar-refractivity contribution in [2.24, 2.45) is 0 Å². The number of benzene rings is 2. The molecule has 0 aliphatic rings. The number of carbonyl (C=O) groups is 1. The molecular formula is C15H15ClN2O3. The average Bonchev–Trinajstić information content (AvgIpc) is 2.49. The zero-order valence-corrected chi connectivity index (χ0v) is 12.4. The molecule has 5 nitrogen and oxygen atoms in total. The Bertz CT molecular complexity index is 674. The van der Waals surface area contributed by atoms with Gasteiger partial charge in [0.15, 0.2) is 11.5 Å². The van der Waals surface area contributed by atoms with Crippen LogP contribution in [0.2, 0.25) is 5.02 Å². The molecule has 0 heterocycles. The minimum atomic E-state index is -0.345. The Labute approximate surface area is 127 Å². The van der Waals surface area contributed by atoms with E-state index in [4.69, 9.17) is 26.8 Å². The summed E-state index contributed by atoms with van der Waals surface area (Å²) in [5.74, 6) is 0.611. The number of nitrogens with one attached hydrogen (secondary N) is 1. The van der Waals surface area contributed by atoms with Crippen molar-refractivity contribution in [3.8, 4) is 11.5 Å². The molecule has 2 rings (SSSR count). The second-order valence-corrected chi connectivity index (χ2v) is 4.64. The second kappa shape index (κ2) is 6.37. The van der Waals surface area contributed by atoms with E-state index >= 15 is 0 Å². The molecule has 0 aliphatic heterocycles. The van der Waals surface area contributed by atoms with Gasteiger partial charge in [0.25, 0.3) is 5.91 Å². The van der Waals surface area contributed by atoms with E-state index in [1.54, 1.807) is 36.4 Å². The second-order valence-electron chi connectivity index (χ2n) is 4.23. The summed E-state index contributed by atoms with van der Waals surface area (Å²) in [5, 5.41) is 3.05. The predicted octanol–water partition coefficient (Wildman–Crippen LogP) is 3.19. The van der Waals surface area contributed by atoms with E-state index in [-0.39, 0.29) is 5.91 Å². The van der Waals surface area contributed by atoms with Crippen LogP contribution in [-0.2, 0) is 0 Å². The number of nitrogens with two attached hydrogens (primary N) is 1. The predicted molar refractivity (Wildman–Crippen MR) is 83.4 cm³/mol. The van der Waals surface area contributed by atoms with Gasteiger partial charge in [0.1, 0.15) is 0 Å². The van der Waals surface area contributed by atoms with Gasteiger partial charge in [-0.25, -0.2) is 0 Å². The van der Waals surface area contributed by atoms with Crippen molar-refractivity contribution in [3.63, 3.8) is 0 Å². The summed E-state index contributed by atoms with van der Waals surface area (Å²) in [5.41, 5.74) is 6.97. The van der Waals surface area contributed by atoms with E-state index in [0.29, 0.717) is 33.5 Å². The third kappa shape index (κ3) is 3.20. The number of amides is 1. The van der Waals surface area contributed by atoms with E-state index in [9.17, 15) is 4.79 Å². The van der Waals surface area contributed by atoms with Crippen molar-refractivity contribution in [1.29, 1.82) is 0 Å². The van der Waals surface area contributed by atoms with Crippen LogP contribution in [0, 0.1) is 0 Å². The molecule has 2 aromatic carbocycles.